The van der Waals surface area contributed by atoms with Gasteiger partial charge in [0.05, 0.1) is 6.20 Å². The lowest BCUT2D eigenvalue weighted by molar-refractivity contribution is 0.151. The van der Waals surface area contributed by atoms with Gasteiger partial charge in [-0.1, -0.05) is 17.7 Å². The fourth-order valence-electron chi connectivity index (χ4n) is 1.54. The quantitative estimate of drug-likeness (QED) is 0.897. The Bertz CT molecular complexity index is 552. The van der Waals surface area contributed by atoms with E-state index in [4.69, 9.17) is 17.3 Å². The molecule has 0 amide bonds. The Kier molecular flexibility index (Phi) is 3.02. The molecule has 0 spiro atoms. The van der Waals surface area contributed by atoms with E-state index in [9.17, 15) is 8.78 Å². The first-order valence-corrected chi connectivity index (χ1v) is 5.24. The highest BCUT2D eigenvalue weighted by molar-refractivity contribution is 6.33. The average Bonchev–Trinajstić information content (AvgIpc) is 2.60. The van der Waals surface area contributed by atoms with Crippen LogP contribution in [0.25, 0.3) is 11.1 Å². The number of alkyl halides is 2. The van der Waals surface area contributed by atoms with Crippen molar-refractivity contribution in [3.63, 3.8) is 0 Å². The van der Waals surface area contributed by atoms with Crippen LogP contribution in [0.2, 0.25) is 5.02 Å². The highest BCUT2D eigenvalue weighted by Crippen LogP contribution is 2.34. The van der Waals surface area contributed by atoms with Crippen molar-refractivity contribution >= 4 is 17.4 Å². The van der Waals surface area contributed by atoms with E-state index in [1.54, 1.807) is 7.05 Å². The van der Waals surface area contributed by atoms with Crippen molar-refractivity contribution in [1.29, 1.82) is 0 Å². The van der Waals surface area contributed by atoms with Gasteiger partial charge in [0, 0.05) is 28.8 Å². The first-order chi connectivity index (χ1) is 8.00. The Morgan fingerprint density at radius 2 is 2.06 bits per heavy atom. The second kappa shape index (κ2) is 4.33. The molecule has 3 nitrogen and oxygen atoms in total. The van der Waals surface area contributed by atoms with Crippen molar-refractivity contribution in [1.82, 2.24) is 9.78 Å². The molecule has 0 aliphatic rings. The van der Waals surface area contributed by atoms with E-state index in [-0.39, 0.29) is 5.56 Å². The zero-order chi connectivity index (χ0) is 12.6. The number of nitrogens with two attached hydrogens (primary N) is 1. The predicted molar refractivity (Wildman–Crippen MR) is 63.0 cm³/mol. The lowest BCUT2D eigenvalue weighted by Crippen LogP contribution is -1.98. The van der Waals surface area contributed by atoms with Gasteiger partial charge >= 0.3 is 0 Å². The van der Waals surface area contributed by atoms with Crippen molar-refractivity contribution in [2.24, 2.45) is 7.05 Å². The Morgan fingerprint density at radius 1 is 1.35 bits per heavy atom. The summed E-state index contributed by atoms with van der Waals surface area (Å²) < 4.78 is 26.7. The maximum absolute atomic E-state index is 12.6. The minimum Gasteiger partial charge on any atom is -0.383 e. The largest absolute Gasteiger partial charge is 0.383 e. The van der Waals surface area contributed by atoms with Crippen molar-refractivity contribution in [3.05, 3.63) is 35.0 Å². The van der Waals surface area contributed by atoms with Crippen LogP contribution < -0.4 is 5.73 Å². The molecule has 6 heteroatoms. The number of hydrogen-bond acceptors (Lipinski definition) is 2. The van der Waals surface area contributed by atoms with Crippen LogP contribution in [0, 0.1) is 0 Å². The summed E-state index contributed by atoms with van der Waals surface area (Å²) in [5, 5.41) is 4.32. The monoisotopic (exact) mass is 257 g/mol. The maximum Gasteiger partial charge on any atom is 0.263 e. The summed E-state index contributed by atoms with van der Waals surface area (Å²) in [5.41, 5.74) is 6.72. The highest BCUT2D eigenvalue weighted by Gasteiger charge is 2.14. The molecule has 2 N–H and O–H groups in total. The minimum absolute atomic E-state index is 0.0901. The summed E-state index contributed by atoms with van der Waals surface area (Å²) >= 11 is 5.98. The van der Waals surface area contributed by atoms with Crippen LogP contribution >= 0.6 is 11.6 Å². The number of benzene rings is 1. The van der Waals surface area contributed by atoms with Crippen LogP contribution in [0.3, 0.4) is 0 Å². The van der Waals surface area contributed by atoms with E-state index in [2.05, 4.69) is 5.10 Å². The van der Waals surface area contributed by atoms with Gasteiger partial charge < -0.3 is 5.73 Å². The van der Waals surface area contributed by atoms with E-state index < -0.39 is 6.43 Å². The summed E-state index contributed by atoms with van der Waals surface area (Å²) in [7, 11) is 1.67. The van der Waals surface area contributed by atoms with Gasteiger partial charge in [0.2, 0.25) is 0 Å². The third-order valence-electron chi connectivity index (χ3n) is 2.52. The predicted octanol–water partition coefficient (Wildman–Crippen LogP) is 3.26. The van der Waals surface area contributed by atoms with E-state index in [1.165, 1.54) is 29.1 Å². The van der Waals surface area contributed by atoms with Crippen LogP contribution in [0.5, 0.6) is 0 Å². The first kappa shape index (κ1) is 11.9. The molecule has 1 heterocycles. The Labute approximate surface area is 102 Å². The van der Waals surface area contributed by atoms with Gasteiger partial charge in [-0.2, -0.15) is 5.10 Å². The molecule has 1 aromatic heterocycles. The summed E-state index contributed by atoms with van der Waals surface area (Å²) in [6.07, 6.45) is -1.03. The van der Waals surface area contributed by atoms with Gasteiger partial charge in [-0.05, 0) is 12.1 Å². The highest BCUT2D eigenvalue weighted by atomic mass is 35.5. The van der Waals surface area contributed by atoms with Gasteiger partial charge in [0.1, 0.15) is 5.82 Å². The molecule has 0 unspecified atom stereocenters. The fraction of sp³-hybridized carbons (Fsp3) is 0.182. The zero-order valence-corrected chi connectivity index (χ0v) is 9.75. The van der Waals surface area contributed by atoms with Gasteiger partial charge in [-0.25, -0.2) is 8.78 Å². The number of rotatable bonds is 2. The molecule has 0 saturated carbocycles. The fourth-order valence-corrected chi connectivity index (χ4v) is 1.76. The molecule has 0 saturated heterocycles. The van der Waals surface area contributed by atoms with Crippen LogP contribution in [0.4, 0.5) is 14.6 Å². The number of hydrogen-bond donors (Lipinski definition) is 1. The summed E-state index contributed by atoms with van der Waals surface area (Å²) in [6, 6.07) is 4.06. The summed E-state index contributed by atoms with van der Waals surface area (Å²) in [4.78, 5) is 0. The standard InChI is InChI=1S/C11H10ClF2N3/c1-17-11(15)8(5-16-17)7-4-6(10(13)14)2-3-9(7)12/h2-5,10H,15H2,1H3. The minimum atomic E-state index is -2.54. The maximum atomic E-state index is 12.6. The normalized spacial score (nSPS) is 11.1. The second-order valence-corrected chi connectivity index (χ2v) is 4.01. The van der Waals surface area contributed by atoms with Gasteiger partial charge in [-0.15, -0.1) is 0 Å². The number of anilines is 1. The number of nitrogen functional groups attached to an aromatic ring is 1. The van der Waals surface area contributed by atoms with Crippen LogP contribution in [0.1, 0.15) is 12.0 Å². The number of aromatic nitrogens is 2. The molecular formula is C11H10ClF2N3. The zero-order valence-electron chi connectivity index (χ0n) is 8.99. The molecule has 0 bridgehead atoms. The summed E-state index contributed by atoms with van der Waals surface area (Å²) in [5.74, 6) is 0.387. The third kappa shape index (κ3) is 2.10. The van der Waals surface area contributed by atoms with Gasteiger partial charge in [-0.3, -0.25) is 4.68 Å². The molecule has 0 aliphatic carbocycles. The third-order valence-corrected chi connectivity index (χ3v) is 2.85. The average molecular weight is 258 g/mol. The summed E-state index contributed by atoms with van der Waals surface area (Å²) in [6.45, 7) is 0. The van der Waals surface area contributed by atoms with Crippen molar-refractivity contribution in [3.8, 4) is 11.1 Å². The molecule has 2 rings (SSSR count). The molecular weight excluding hydrogens is 248 g/mol. The molecule has 0 atom stereocenters. The van der Waals surface area contributed by atoms with E-state index in [0.29, 0.717) is 22.0 Å². The Balaban J connectivity index is 2.58. The number of halogens is 3. The lowest BCUT2D eigenvalue weighted by atomic mass is 10.1. The topological polar surface area (TPSA) is 43.8 Å². The Morgan fingerprint density at radius 3 is 2.59 bits per heavy atom. The lowest BCUT2D eigenvalue weighted by Gasteiger charge is -2.06. The van der Waals surface area contributed by atoms with Crippen molar-refractivity contribution in [2.45, 2.75) is 6.43 Å². The van der Waals surface area contributed by atoms with E-state index in [0.717, 1.165) is 0 Å². The van der Waals surface area contributed by atoms with Crippen LogP contribution in [-0.4, -0.2) is 9.78 Å². The van der Waals surface area contributed by atoms with Crippen molar-refractivity contribution < 1.29 is 8.78 Å². The van der Waals surface area contributed by atoms with Gasteiger partial charge in [0.15, 0.2) is 0 Å². The number of nitrogens with zero attached hydrogens (tertiary/aromatic N) is 2. The van der Waals surface area contributed by atoms with E-state index in [1.807, 2.05) is 0 Å². The molecule has 0 fully saturated rings. The molecule has 90 valence electrons. The van der Waals surface area contributed by atoms with Crippen molar-refractivity contribution in [2.75, 3.05) is 5.73 Å². The number of aryl methyl sites for hydroxylation is 1. The van der Waals surface area contributed by atoms with E-state index >= 15 is 0 Å². The Hall–Kier alpha value is -1.62. The molecule has 0 aliphatic heterocycles. The molecule has 2 aromatic rings. The SMILES string of the molecule is Cn1ncc(-c2cc(C(F)F)ccc2Cl)c1N. The molecule has 1 aromatic carbocycles. The van der Waals surface area contributed by atoms with Crippen LogP contribution in [0.15, 0.2) is 24.4 Å². The molecule has 0 radical (unpaired) electrons. The molecule has 17 heavy (non-hydrogen) atoms. The first-order valence-electron chi connectivity index (χ1n) is 4.86. The van der Waals surface area contributed by atoms with Crippen LogP contribution in [-0.2, 0) is 7.05 Å². The second-order valence-electron chi connectivity index (χ2n) is 3.61. The smallest absolute Gasteiger partial charge is 0.263 e. The van der Waals surface area contributed by atoms with Gasteiger partial charge in [0.25, 0.3) is 6.43 Å².